The summed E-state index contributed by atoms with van der Waals surface area (Å²) in [6.07, 6.45) is -1.27. The molecule has 0 spiro atoms. The number of carbonyl (C=O) groups excluding carboxylic acids is 2. The molecule has 1 fully saturated rings. The van der Waals surface area contributed by atoms with Crippen molar-refractivity contribution in [3.05, 3.63) is 59.9 Å². The number of rotatable bonds is 7. The lowest BCUT2D eigenvalue weighted by molar-refractivity contribution is 0.0300. The van der Waals surface area contributed by atoms with Crippen LogP contribution in [0.25, 0.3) is 0 Å². The fraction of sp³-hybridized carbons (Fsp3) is 0.263. The summed E-state index contributed by atoms with van der Waals surface area (Å²) >= 11 is 0. The van der Waals surface area contributed by atoms with Crippen molar-refractivity contribution in [3.8, 4) is 0 Å². The molecule has 2 aromatic carbocycles. The molecule has 8 heteroatoms. The molecule has 27 heavy (non-hydrogen) atoms. The van der Waals surface area contributed by atoms with Crippen LogP contribution in [0.3, 0.4) is 0 Å². The Morgan fingerprint density at radius 2 is 2.07 bits per heavy atom. The highest BCUT2D eigenvalue weighted by Gasteiger charge is 2.33. The van der Waals surface area contributed by atoms with Crippen molar-refractivity contribution < 1.29 is 28.6 Å². The third-order valence-corrected chi connectivity index (χ3v) is 3.98. The number of ether oxygens (including phenoxy) is 2. The summed E-state index contributed by atoms with van der Waals surface area (Å²) in [5.41, 5.74) is 0.976. The number of nitrogens with one attached hydrogen (secondary N) is 1. The Bertz CT molecular complexity index is 815. The van der Waals surface area contributed by atoms with Crippen LogP contribution in [-0.2, 0) is 9.47 Å². The van der Waals surface area contributed by atoms with Gasteiger partial charge in [-0.3, -0.25) is 4.90 Å². The van der Waals surface area contributed by atoms with Gasteiger partial charge < -0.3 is 19.9 Å². The van der Waals surface area contributed by atoms with Crippen LogP contribution in [0.2, 0.25) is 0 Å². The van der Waals surface area contributed by atoms with E-state index in [2.05, 4.69) is 5.32 Å². The first-order valence-electron chi connectivity index (χ1n) is 8.43. The molecule has 0 saturated carbocycles. The Labute approximate surface area is 155 Å². The summed E-state index contributed by atoms with van der Waals surface area (Å²) in [5.74, 6) is -1.05. The van der Waals surface area contributed by atoms with Crippen LogP contribution < -0.4 is 10.2 Å². The average Bonchev–Trinajstić information content (AvgIpc) is 3.06. The molecule has 0 radical (unpaired) electrons. The highest BCUT2D eigenvalue weighted by Crippen LogP contribution is 2.26. The van der Waals surface area contributed by atoms with E-state index in [0.717, 1.165) is 0 Å². The predicted octanol–water partition coefficient (Wildman–Crippen LogP) is 2.41. The van der Waals surface area contributed by atoms with Crippen LogP contribution in [0.15, 0.2) is 48.5 Å². The summed E-state index contributed by atoms with van der Waals surface area (Å²) in [6.45, 7) is 0.151. The molecule has 142 valence electrons. The van der Waals surface area contributed by atoms with Crippen molar-refractivity contribution in [2.75, 3.05) is 36.5 Å². The van der Waals surface area contributed by atoms with Gasteiger partial charge in [0.1, 0.15) is 12.4 Å². The Balaban J connectivity index is 1.59. The second-order valence-corrected chi connectivity index (χ2v) is 5.90. The first-order chi connectivity index (χ1) is 13.1. The summed E-state index contributed by atoms with van der Waals surface area (Å²) in [5, 5.41) is 11.5. The molecular formula is C19H19FN2O5. The van der Waals surface area contributed by atoms with Gasteiger partial charge in [-0.2, -0.15) is 0 Å². The molecule has 7 nitrogen and oxygen atoms in total. The van der Waals surface area contributed by atoms with Crippen LogP contribution in [0.4, 0.5) is 20.6 Å². The van der Waals surface area contributed by atoms with Gasteiger partial charge in [0.15, 0.2) is 6.10 Å². The fourth-order valence-electron chi connectivity index (χ4n) is 2.65. The topological polar surface area (TPSA) is 88.1 Å². The molecule has 2 aromatic rings. The number of aliphatic hydroxyl groups excluding tert-OH is 1. The van der Waals surface area contributed by atoms with Crippen LogP contribution >= 0.6 is 0 Å². The van der Waals surface area contributed by atoms with Crippen molar-refractivity contribution in [2.45, 2.75) is 6.10 Å². The number of aliphatic hydroxyl groups is 1. The fourth-order valence-corrected chi connectivity index (χ4v) is 2.65. The van der Waals surface area contributed by atoms with E-state index >= 15 is 0 Å². The number of esters is 1. The van der Waals surface area contributed by atoms with E-state index < -0.39 is 24.0 Å². The monoisotopic (exact) mass is 374 g/mol. The van der Waals surface area contributed by atoms with Crippen LogP contribution in [0.1, 0.15) is 10.4 Å². The van der Waals surface area contributed by atoms with E-state index in [4.69, 9.17) is 14.6 Å². The van der Waals surface area contributed by atoms with E-state index in [-0.39, 0.29) is 32.0 Å². The SMILES string of the molecule is O=C(OC[C@H]1CN(c2ccc(NCCO)c(F)c2)C(=O)O1)c1ccccc1. The molecule has 1 amide bonds. The number of benzene rings is 2. The summed E-state index contributed by atoms with van der Waals surface area (Å²) in [6, 6.07) is 12.8. The second-order valence-electron chi connectivity index (χ2n) is 5.90. The zero-order valence-electron chi connectivity index (χ0n) is 14.4. The maximum atomic E-state index is 14.1. The van der Waals surface area contributed by atoms with Crippen molar-refractivity contribution in [3.63, 3.8) is 0 Å². The number of halogens is 1. The van der Waals surface area contributed by atoms with E-state index in [0.29, 0.717) is 11.3 Å². The van der Waals surface area contributed by atoms with Gasteiger partial charge in [-0.15, -0.1) is 0 Å². The number of hydrogen-bond acceptors (Lipinski definition) is 6. The maximum Gasteiger partial charge on any atom is 0.414 e. The van der Waals surface area contributed by atoms with E-state index in [9.17, 15) is 14.0 Å². The Hall–Kier alpha value is -3.13. The summed E-state index contributed by atoms with van der Waals surface area (Å²) in [4.78, 5) is 25.3. The number of nitrogens with zero attached hydrogens (tertiary/aromatic N) is 1. The van der Waals surface area contributed by atoms with Gasteiger partial charge in [0.05, 0.1) is 30.1 Å². The van der Waals surface area contributed by atoms with E-state index in [1.54, 1.807) is 36.4 Å². The molecule has 0 bridgehead atoms. The second kappa shape index (κ2) is 8.50. The average molecular weight is 374 g/mol. The number of carbonyl (C=O) groups is 2. The van der Waals surface area contributed by atoms with Gasteiger partial charge in [-0.1, -0.05) is 18.2 Å². The molecule has 1 heterocycles. The molecule has 1 aliphatic rings. The molecule has 1 aliphatic heterocycles. The van der Waals surface area contributed by atoms with Crippen LogP contribution in [-0.4, -0.2) is 49.6 Å². The molecule has 1 atom stereocenters. The Morgan fingerprint density at radius 1 is 1.30 bits per heavy atom. The number of hydrogen-bond donors (Lipinski definition) is 2. The Kier molecular flexibility index (Phi) is 5.87. The van der Waals surface area contributed by atoms with Crippen LogP contribution in [0, 0.1) is 5.82 Å². The molecule has 1 saturated heterocycles. The molecule has 0 unspecified atom stereocenters. The third-order valence-electron chi connectivity index (χ3n) is 3.98. The normalized spacial score (nSPS) is 16.1. The molecule has 0 aliphatic carbocycles. The molecule has 2 N–H and O–H groups in total. The van der Waals surface area contributed by atoms with Gasteiger partial charge in [0, 0.05) is 6.54 Å². The molecule has 3 rings (SSSR count). The Morgan fingerprint density at radius 3 is 2.78 bits per heavy atom. The van der Waals surface area contributed by atoms with Gasteiger partial charge in [0.2, 0.25) is 0 Å². The van der Waals surface area contributed by atoms with Crippen molar-refractivity contribution >= 4 is 23.4 Å². The third kappa shape index (κ3) is 4.53. The van der Waals surface area contributed by atoms with Gasteiger partial charge in [0.25, 0.3) is 0 Å². The maximum absolute atomic E-state index is 14.1. The molecule has 0 aromatic heterocycles. The van der Waals surface area contributed by atoms with Crippen molar-refractivity contribution in [1.82, 2.24) is 0 Å². The van der Waals surface area contributed by atoms with Crippen molar-refractivity contribution in [2.24, 2.45) is 0 Å². The van der Waals surface area contributed by atoms with Crippen LogP contribution in [0.5, 0.6) is 0 Å². The van der Waals surface area contributed by atoms with E-state index in [1.165, 1.54) is 17.0 Å². The number of anilines is 2. The van der Waals surface area contributed by atoms with Crippen molar-refractivity contribution in [1.29, 1.82) is 0 Å². The zero-order valence-corrected chi connectivity index (χ0v) is 14.4. The minimum atomic E-state index is -0.639. The highest BCUT2D eigenvalue weighted by atomic mass is 19.1. The zero-order chi connectivity index (χ0) is 19.2. The lowest BCUT2D eigenvalue weighted by Gasteiger charge is -2.15. The van der Waals surface area contributed by atoms with Gasteiger partial charge >= 0.3 is 12.1 Å². The quantitative estimate of drug-likeness (QED) is 0.724. The first-order valence-corrected chi connectivity index (χ1v) is 8.43. The van der Waals surface area contributed by atoms with E-state index in [1.807, 2.05) is 0 Å². The van der Waals surface area contributed by atoms with Gasteiger partial charge in [-0.05, 0) is 30.3 Å². The summed E-state index contributed by atoms with van der Waals surface area (Å²) in [7, 11) is 0. The lowest BCUT2D eigenvalue weighted by atomic mass is 10.2. The minimum absolute atomic E-state index is 0.0887. The predicted molar refractivity (Wildman–Crippen MR) is 96.3 cm³/mol. The highest BCUT2D eigenvalue weighted by molar-refractivity contribution is 5.91. The minimum Gasteiger partial charge on any atom is -0.458 e. The van der Waals surface area contributed by atoms with Gasteiger partial charge in [-0.25, -0.2) is 14.0 Å². The molecular weight excluding hydrogens is 355 g/mol. The standard InChI is InChI=1S/C19H19FN2O5/c20-16-10-14(6-7-17(16)21-8-9-23)22-11-15(27-19(22)25)12-26-18(24)13-4-2-1-3-5-13/h1-7,10,15,21,23H,8-9,11-12H2/t15-/m1/s1. The number of amides is 1. The summed E-state index contributed by atoms with van der Waals surface area (Å²) < 4.78 is 24.5. The number of cyclic esters (lactones) is 1. The largest absolute Gasteiger partial charge is 0.458 e. The first kappa shape index (κ1) is 18.7. The lowest BCUT2D eigenvalue weighted by Crippen LogP contribution is -2.26. The smallest absolute Gasteiger partial charge is 0.414 e.